The van der Waals surface area contributed by atoms with Crippen molar-refractivity contribution in [3.05, 3.63) is 65.0 Å². The van der Waals surface area contributed by atoms with Crippen molar-refractivity contribution in [3.8, 4) is 5.75 Å². The van der Waals surface area contributed by atoms with Crippen LogP contribution in [0.15, 0.2) is 42.5 Å². The molecule has 146 valence electrons. The van der Waals surface area contributed by atoms with E-state index in [2.05, 4.69) is 10.2 Å². The van der Waals surface area contributed by atoms with E-state index in [1.54, 1.807) is 12.1 Å². The lowest BCUT2D eigenvalue weighted by Crippen LogP contribution is -2.33. The number of methoxy groups -OCH3 is 1. The van der Waals surface area contributed by atoms with Gasteiger partial charge in [-0.05, 0) is 48.4 Å². The highest BCUT2D eigenvalue weighted by atomic mass is 19.4. The summed E-state index contributed by atoms with van der Waals surface area (Å²) in [5.41, 5.74) is 0.702. The number of nitrogens with zero attached hydrogens (tertiary/aromatic N) is 1. The summed E-state index contributed by atoms with van der Waals surface area (Å²) in [5.74, 6) is -0.345. The number of benzene rings is 2. The molecule has 3 rings (SSSR count). The maximum Gasteiger partial charge on any atom is 0.416 e. The third kappa shape index (κ3) is 4.59. The molecule has 1 saturated heterocycles. The summed E-state index contributed by atoms with van der Waals surface area (Å²) in [4.78, 5) is 2.17. The topological polar surface area (TPSA) is 24.5 Å². The van der Waals surface area contributed by atoms with Crippen LogP contribution in [0.5, 0.6) is 5.75 Å². The number of alkyl halides is 3. The van der Waals surface area contributed by atoms with Gasteiger partial charge in [-0.2, -0.15) is 13.2 Å². The van der Waals surface area contributed by atoms with Crippen molar-refractivity contribution < 1.29 is 22.3 Å². The Bertz CT molecular complexity index is 754. The van der Waals surface area contributed by atoms with Gasteiger partial charge in [-0.15, -0.1) is 0 Å². The minimum absolute atomic E-state index is 0.141. The van der Waals surface area contributed by atoms with Crippen LogP contribution in [0.25, 0.3) is 0 Å². The summed E-state index contributed by atoms with van der Waals surface area (Å²) in [5, 5.41) is 3.31. The molecule has 1 atom stereocenters. The molecule has 3 nitrogen and oxygen atoms in total. The van der Waals surface area contributed by atoms with Crippen LogP contribution in [0.4, 0.5) is 17.6 Å². The fourth-order valence-corrected chi connectivity index (χ4v) is 3.45. The van der Waals surface area contributed by atoms with Crippen LogP contribution in [0.2, 0.25) is 0 Å². The molecule has 0 amide bonds. The zero-order valence-corrected chi connectivity index (χ0v) is 15.0. The number of nitrogens with one attached hydrogen (secondary N) is 1. The molecular weight excluding hydrogens is 360 g/mol. The quantitative estimate of drug-likeness (QED) is 0.801. The van der Waals surface area contributed by atoms with E-state index in [0.29, 0.717) is 11.1 Å². The van der Waals surface area contributed by atoms with E-state index in [-0.39, 0.29) is 11.8 Å². The maximum atomic E-state index is 14.3. The fraction of sp³-hybridized carbons (Fsp3) is 0.400. The third-order valence-electron chi connectivity index (χ3n) is 4.79. The van der Waals surface area contributed by atoms with Gasteiger partial charge in [-0.3, -0.25) is 4.90 Å². The first-order valence-corrected chi connectivity index (χ1v) is 8.85. The van der Waals surface area contributed by atoms with Crippen molar-refractivity contribution >= 4 is 0 Å². The molecule has 1 aliphatic rings. The average molecular weight is 382 g/mol. The van der Waals surface area contributed by atoms with Gasteiger partial charge in [0.25, 0.3) is 0 Å². The Hall–Kier alpha value is -2.12. The number of ether oxygens (including phenoxy) is 1. The van der Waals surface area contributed by atoms with E-state index >= 15 is 0 Å². The van der Waals surface area contributed by atoms with Gasteiger partial charge in [-0.25, -0.2) is 4.39 Å². The molecule has 1 heterocycles. The summed E-state index contributed by atoms with van der Waals surface area (Å²) in [6.07, 6.45) is -3.47. The van der Waals surface area contributed by atoms with Crippen molar-refractivity contribution in [1.82, 2.24) is 10.2 Å². The molecule has 27 heavy (non-hydrogen) atoms. The summed E-state index contributed by atoms with van der Waals surface area (Å²) >= 11 is 0. The predicted molar refractivity (Wildman–Crippen MR) is 95.3 cm³/mol. The summed E-state index contributed by atoms with van der Waals surface area (Å²) in [6.45, 7) is 3.15. The summed E-state index contributed by atoms with van der Waals surface area (Å²) in [7, 11) is 1.39. The van der Waals surface area contributed by atoms with Gasteiger partial charge in [0.05, 0.1) is 18.7 Å². The smallest absolute Gasteiger partial charge is 0.416 e. The lowest BCUT2D eigenvalue weighted by atomic mass is 9.95. The van der Waals surface area contributed by atoms with Gasteiger partial charge < -0.3 is 10.1 Å². The van der Waals surface area contributed by atoms with Crippen molar-refractivity contribution in [2.45, 2.75) is 18.6 Å². The standard InChI is InChI=1S/C20H22F4N2O/c1-27-18-8-5-15(13-17(18)21)19(26-11-2-9-25-10-12-26)14-3-6-16(7-4-14)20(22,23)24/h3-8,13,19,25H,2,9-12H2,1H3. The van der Waals surface area contributed by atoms with E-state index in [9.17, 15) is 17.6 Å². The van der Waals surface area contributed by atoms with Crippen molar-refractivity contribution in [1.29, 1.82) is 0 Å². The second-order valence-electron chi connectivity index (χ2n) is 6.56. The molecule has 1 N–H and O–H groups in total. The molecule has 1 aliphatic heterocycles. The van der Waals surface area contributed by atoms with Gasteiger partial charge >= 0.3 is 6.18 Å². The molecule has 1 unspecified atom stereocenters. The second-order valence-corrected chi connectivity index (χ2v) is 6.56. The molecule has 0 radical (unpaired) electrons. The van der Waals surface area contributed by atoms with E-state index in [1.807, 2.05) is 0 Å². The molecule has 0 aliphatic carbocycles. The average Bonchev–Trinajstić information content (AvgIpc) is 2.91. The highest BCUT2D eigenvalue weighted by Crippen LogP contribution is 2.34. The van der Waals surface area contributed by atoms with Gasteiger partial charge in [-0.1, -0.05) is 18.2 Å². The first kappa shape index (κ1) is 19.6. The molecule has 1 fully saturated rings. The van der Waals surface area contributed by atoms with Crippen LogP contribution in [0, 0.1) is 5.82 Å². The van der Waals surface area contributed by atoms with Crippen molar-refractivity contribution in [3.63, 3.8) is 0 Å². The van der Waals surface area contributed by atoms with Crippen LogP contribution >= 0.6 is 0 Å². The summed E-state index contributed by atoms with van der Waals surface area (Å²) in [6, 6.07) is 9.52. The first-order valence-electron chi connectivity index (χ1n) is 8.85. The Morgan fingerprint density at radius 3 is 2.33 bits per heavy atom. The SMILES string of the molecule is COc1ccc(C(c2ccc(C(F)(F)F)cc2)N2CCCNCC2)cc1F. The monoisotopic (exact) mass is 382 g/mol. The number of hydrogen-bond acceptors (Lipinski definition) is 3. The van der Waals surface area contributed by atoms with Gasteiger partial charge in [0.2, 0.25) is 0 Å². The van der Waals surface area contributed by atoms with E-state index in [4.69, 9.17) is 4.74 Å². The first-order chi connectivity index (χ1) is 12.9. The highest BCUT2D eigenvalue weighted by Gasteiger charge is 2.31. The minimum Gasteiger partial charge on any atom is -0.494 e. The van der Waals surface area contributed by atoms with Crippen molar-refractivity contribution in [2.75, 3.05) is 33.3 Å². The lowest BCUT2D eigenvalue weighted by Gasteiger charge is -2.31. The van der Waals surface area contributed by atoms with Crippen LogP contribution in [-0.4, -0.2) is 38.2 Å². The molecule has 0 saturated carbocycles. The van der Waals surface area contributed by atoms with Crippen LogP contribution < -0.4 is 10.1 Å². The normalized spacial score (nSPS) is 17.4. The van der Waals surface area contributed by atoms with E-state index in [1.165, 1.54) is 25.3 Å². The molecule has 2 aromatic rings. The number of halogens is 4. The molecule has 7 heteroatoms. The molecule has 0 spiro atoms. The Kier molecular flexibility index (Phi) is 6.01. The van der Waals surface area contributed by atoms with Crippen LogP contribution in [0.3, 0.4) is 0 Å². The number of hydrogen-bond donors (Lipinski definition) is 1. The Labute approximate surface area is 155 Å². The van der Waals surface area contributed by atoms with Gasteiger partial charge in [0.1, 0.15) is 0 Å². The van der Waals surface area contributed by atoms with E-state index < -0.39 is 17.6 Å². The predicted octanol–water partition coefficient (Wildman–Crippen LogP) is 4.24. The van der Waals surface area contributed by atoms with E-state index in [0.717, 1.165) is 44.7 Å². The lowest BCUT2D eigenvalue weighted by molar-refractivity contribution is -0.137. The second kappa shape index (κ2) is 8.27. The Morgan fingerprint density at radius 2 is 1.70 bits per heavy atom. The molecule has 0 aromatic heterocycles. The molecule has 0 bridgehead atoms. The minimum atomic E-state index is -4.38. The molecule has 2 aromatic carbocycles. The highest BCUT2D eigenvalue weighted by molar-refractivity contribution is 5.38. The van der Waals surface area contributed by atoms with Crippen LogP contribution in [0.1, 0.15) is 29.2 Å². The largest absolute Gasteiger partial charge is 0.494 e. The Balaban J connectivity index is 2.00. The van der Waals surface area contributed by atoms with Crippen LogP contribution in [-0.2, 0) is 6.18 Å². The van der Waals surface area contributed by atoms with Gasteiger partial charge in [0, 0.05) is 19.6 Å². The Morgan fingerprint density at radius 1 is 1.00 bits per heavy atom. The van der Waals surface area contributed by atoms with Crippen molar-refractivity contribution in [2.24, 2.45) is 0 Å². The zero-order chi connectivity index (χ0) is 19.4. The maximum absolute atomic E-state index is 14.3. The summed E-state index contributed by atoms with van der Waals surface area (Å²) < 4.78 is 58.0. The fourth-order valence-electron chi connectivity index (χ4n) is 3.45. The molecular formula is C20H22F4N2O. The van der Waals surface area contributed by atoms with Gasteiger partial charge in [0.15, 0.2) is 11.6 Å². The zero-order valence-electron chi connectivity index (χ0n) is 15.0. The number of rotatable bonds is 4. The third-order valence-corrected chi connectivity index (χ3v) is 4.79.